The van der Waals surface area contributed by atoms with E-state index in [2.05, 4.69) is 15.3 Å². The molecule has 4 aromatic rings. The average molecular weight is 419 g/mol. The molecular formula is C23H19ClN4O2. The standard InChI is InChI=1S/C23H19ClN4O2/c24-21-14-18(10-11-25-21)23-26-12-13-28(23)15-22(29)27-19-6-8-20(9-7-19)30-16-17-4-2-1-3-5-17/h1-14H,15-16H2,(H,27,29). The number of nitrogens with one attached hydrogen (secondary N) is 1. The van der Waals surface area contributed by atoms with Crippen molar-refractivity contribution in [1.82, 2.24) is 14.5 Å². The third-order valence-electron chi connectivity index (χ3n) is 4.40. The Morgan fingerprint density at radius 3 is 2.57 bits per heavy atom. The van der Waals surface area contributed by atoms with Crippen LogP contribution in [0.15, 0.2) is 85.3 Å². The van der Waals surface area contributed by atoms with Crippen LogP contribution in [0.25, 0.3) is 11.4 Å². The van der Waals surface area contributed by atoms with Gasteiger partial charge in [0.1, 0.15) is 29.9 Å². The number of pyridine rings is 1. The summed E-state index contributed by atoms with van der Waals surface area (Å²) in [6, 6.07) is 20.8. The summed E-state index contributed by atoms with van der Waals surface area (Å²) in [6.45, 7) is 0.622. The van der Waals surface area contributed by atoms with E-state index < -0.39 is 0 Å². The van der Waals surface area contributed by atoms with Gasteiger partial charge < -0.3 is 14.6 Å². The van der Waals surface area contributed by atoms with E-state index in [4.69, 9.17) is 16.3 Å². The molecule has 2 heterocycles. The van der Waals surface area contributed by atoms with Crippen LogP contribution < -0.4 is 10.1 Å². The van der Waals surface area contributed by atoms with Crippen molar-refractivity contribution in [2.45, 2.75) is 13.2 Å². The highest BCUT2D eigenvalue weighted by molar-refractivity contribution is 6.29. The normalized spacial score (nSPS) is 10.6. The summed E-state index contributed by atoms with van der Waals surface area (Å²) in [4.78, 5) is 20.8. The van der Waals surface area contributed by atoms with E-state index in [9.17, 15) is 4.79 Å². The van der Waals surface area contributed by atoms with Gasteiger partial charge in [-0.2, -0.15) is 0 Å². The molecule has 7 heteroatoms. The Kier molecular flexibility index (Phi) is 6.06. The highest BCUT2D eigenvalue weighted by Gasteiger charge is 2.11. The smallest absolute Gasteiger partial charge is 0.244 e. The lowest BCUT2D eigenvalue weighted by atomic mass is 10.2. The minimum absolute atomic E-state index is 0.127. The topological polar surface area (TPSA) is 69.0 Å². The largest absolute Gasteiger partial charge is 0.489 e. The molecule has 0 saturated heterocycles. The van der Waals surface area contributed by atoms with E-state index in [0.717, 1.165) is 16.9 Å². The molecule has 2 aromatic carbocycles. The molecule has 0 aliphatic carbocycles. The molecule has 0 saturated carbocycles. The van der Waals surface area contributed by atoms with Gasteiger partial charge in [0, 0.05) is 29.8 Å². The van der Waals surface area contributed by atoms with Crippen molar-refractivity contribution in [2.75, 3.05) is 5.32 Å². The fourth-order valence-corrected chi connectivity index (χ4v) is 3.14. The molecule has 30 heavy (non-hydrogen) atoms. The summed E-state index contributed by atoms with van der Waals surface area (Å²) in [7, 11) is 0. The molecule has 0 radical (unpaired) electrons. The van der Waals surface area contributed by atoms with Gasteiger partial charge in [-0.25, -0.2) is 9.97 Å². The van der Waals surface area contributed by atoms with Crippen molar-refractivity contribution >= 4 is 23.2 Å². The zero-order chi connectivity index (χ0) is 20.8. The van der Waals surface area contributed by atoms with Gasteiger partial charge in [0.05, 0.1) is 0 Å². The third-order valence-corrected chi connectivity index (χ3v) is 4.61. The number of hydrogen-bond acceptors (Lipinski definition) is 4. The van der Waals surface area contributed by atoms with Crippen LogP contribution >= 0.6 is 11.6 Å². The zero-order valence-electron chi connectivity index (χ0n) is 16.0. The van der Waals surface area contributed by atoms with Crippen molar-refractivity contribution in [2.24, 2.45) is 0 Å². The Morgan fingerprint density at radius 2 is 1.80 bits per heavy atom. The Hall–Kier alpha value is -3.64. The quantitative estimate of drug-likeness (QED) is 0.437. The van der Waals surface area contributed by atoms with Gasteiger partial charge >= 0.3 is 0 Å². The first-order valence-electron chi connectivity index (χ1n) is 9.37. The summed E-state index contributed by atoms with van der Waals surface area (Å²) < 4.78 is 7.53. The number of hydrogen-bond donors (Lipinski definition) is 1. The number of imidazole rings is 1. The molecule has 0 aliphatic rings. The lowest BCUT2D eigenvalue weighted by molar-refractivity contribution is -0.116. The maximum atomic E-state index is 12.5. The highest BCUT2D eigenvalue weighted by Crippen LogP contribution is 2.20. The zero-order valence-corrected chi connectivity index (χ0v) is 16.8. The van der Waals surface area contributed by atoms with Crippen molar-refractivity contribution in [3.05, 3.63) is 96.0 Å². The number of rotatable bonds is 7. The summed E-state index contributed by atoms with van der Waals surface area (Å²) in [5.74, 6) is 1.23. The Labute approximate surface area is 179 Å². The number of amides is 1. The van der Waals surface area contributed by atoms with Crippen molar-refractivity contribution in [3.63, 3.8) is 0 Å². The van der Waals surface area contributed by atoms with Crippen molar-refractivity contribution < 1.29 is 9.53 Å². The fourth-order valence-electron chi connectivity index (χ4n) is 2.97. The first kappa shape index (κ1) is 19.7. The van der Waals surface area contributed by atoms with Gasteiger partial charge in [0.2, 0.25) is 5.91 Å². The Morgan fingerprint density at radius 1 is 1.00 bits per heavy atom. The first-order valence-corrected chi connectivity index (χ1v) is 9.75. The Bertz CT molecular complexity index is 1130. The number of anilines is 1. The molecule has 6 nitrogen and oxygen atoms in total. The molecule has 0 spiro atoms. The Balaban J connectivity index is 1.35. The molecule has 2 aromatic heterocycles. The van der Waals surface area contributed by atoms with E-state index >= 15 is 0 Å². The van der Waals surface area contributed by atoms with Crippen LogP contribution in [0.2, 0.25) is 5.15 Å². The highest BCUT2D eigenvalue weighted by atomic mass is 35.5. The summed E-state index contributed by atoms with van der Waals surface area (Å²) in [5.41, 5.74) is 2.59. The van der Waals surface area contributed by atoms with Crippen LogP contribution in [-0.4, -0.2) is 20.4 Å². The van der Waals surface area contributed by atoms with Gasteiger partial charge in [0.25, 0.3) is 0 Å². The monoisotopic (exact) mass is 418 g/mol. The molecule has 0 aliphatic heterocycles. The summed E-state index contributed by atoms with van der Waals surface area (Å²) in [6.07, 6.45) is 5.01. The molecule has 4 rings (SSSR count). The number of halogens is 1. The second-order valence-corrected chi connectivity index (χ2v) is 6.98. The second kappa shape index (κ2) is 9.24. The van der Waals surface area contributed by atoms with Gasteiger partial charge in [-0.1, -0.05) is 41.9 Å². The number of aromatic nitrogens is 3. The first-order chi connectivity index (χ1) is 14.7. The van der Waals surface area contributed by atoms with Crippen LogP contribution in [0, 0.1) is 0 Å². The van der Waals surface area contributed by atoms with Gasteiger partial charge in [-0.05, 0) is 42.0 Å². The van der Waals surface area contributed by atoms with Crippen LogP contribution in [-0.2, 0) is 17.9 Å². The number of carbonyl (C=O) groups excluding carboxylic acids is 1. The fraction of sp³-hybridized carbons (Fsp3) is 0.0870. The number of benzene rings is 2. The predicted octanol–water partition coefficient (Wildman–Crippen LogP) is 4.82. The predicted molar refractivity (Wildman–Crippen MR) is 116 cm³/mol. The molecule has 1 amide bonds. The molecule has 0 unspecified atom stereocenters. The summed E-state index contributed by atoms with van der Waals surface area (Å²) in [5, 5.41) is 3.27. The minimum Gasteiger partial charge on any atom is -0.489 e. The van der Waals surface area contributed by atoms with Crippen LogP contribution in [0.3, 0.4) is 0 Å². The molecule has 1 N–H and O–H groups in total. The second-order valence-electron chi connectivity index (χ2n) is 6.59. The van der Waals surface area contributed by atoms with Gasteiger partial charge in [-0.3, -0.25) is 4.79 Å². The average Bonchev–Trinajstić information content (AvgIpc) is 3.22. The van der Waals surface area contributed by atoms with Gasteiger partial charge in [0.15, 0.2) is 0 Å². The lowest BCUT2D eigenvalue weighted by Crippen LogP contribution is -2.18. The van der Waals surface area contributed by atoms with E-state index in [1.165, 1.54) is 0 Å². The maximum absolute atomic E-state index is 12.5. The molecule has 0 atom stereocenters. The molecule has 0 bridgehead atoms. The lowest BCUT2D eigenvalue weighted by Gasteiger charge is -2.10. The third kappa shape index (κ3) is 5.04. The van der Waals surface area contributed by atoms with Crippen LogP contribution in [0.5, 0.6) is 5.75 Å². The van der Waals surface area contributed by atoms with Crippen LogP contribution in [0.4, 0.5) is 5.69 Å². The summed E-state index contributed by atoms with van der Waals surface area (Å²) >= 11 is 5.96. The van der Waals surface area contributed by atoms with Crippen molar-refractivity contribution in [3.8, 4) is 17.1 Å². The van der Waals surface area contributed by atoms with E-state index in [0.29, 0.717) is 23.3 Å². The molecular weight excluding hydrogens is 400 g/mol. The van der Waals surface area contributed by atoms with Crippen LogP contribution in [0.1, 0.15) is 5.56 Å². The number of ether oxygens (including phenoxy) is 1. The SMILES string of the molecule is O=C(Cn1ccnc1-c1ccnc(Cl)c1)Nc1ccc(OCc2ccccc2)cc1. The minimum atomic E-state index is -0.160. The number of nitrogens with zero attached hydrogens (tertiary/aromatic N) is 3. The van der Waals surface area contributed by atoms with Gasteiger partial charge in [-0.15, -0.1) is 0 Å². The van der Waals surface area contributed by atoms with E-state index in [-0.39, 0.29) is 12.5 Å². The van der Waals surface area contributed by atoms with Crippen molar-refractivity contribution in [1.29, 1.82) is 0 Å². The van der Waals surface area contributed by atoms with E-state index in [1.54, 1.807) is 35.3 Å². The molecule has 150 valence electrons. The van der Waals surface area contributed by atoms with E-state index in [1.807, 2.05) is 54.6 Å². The maximum Gasteiger partial charge on any atom is 0.244 e. The molecule has 0 fully saturated rings. The number of carbonyl (C=O) groups is 1.